The van der Waals surface area contributed by atoms with Crippen LogP contribution in [0.25, 0.3) is 0 Å². The normalized spacial score (nSPS) is 12.3. The lowest BCUT2D eigenvalue weighted by Gasteiger charge is -2.32. The SMILES string of the molecule is CCNC(=O)[C@@H](C)N(Cc1ccc(F)cc1)C(=O)CN(c1ccccc1F)S(=O)(=O)N(C)C. The molecule has 2 amide bonds. The molecule has 0 aliphatic rings. The Morgan fingerprint density at radius 1 is 1.03 bits per heavy atom. The Labute approximate surface area is 193 Å². The summed E-state index contributed by atoms with van der Waals surface area (Å²) >= 11 is 0. The molecule has 0 saturated carbocycles. The van der Waals surface area contributed by atoms with Crippen LogP contribution in [-0.4, -0.2) is 62.7 Å². The van der Waals surface area contributed by atoms with Gasteiger partial charge >= 0.3 is 10.2 Å². The van der Waals surface area contributed by atoms with E-state index >= 15 is 0 Å². The first-order valence-corrected chi connectivity index (χ1v) is 11.6. The zero-order valence-electron chi connectivity index (χ0n) is 19.0. The van der Waals surface area contributed by atoms with Crippen molar-refractivity contribution in [2.24, 2.45) is 0 Å². The summed E-state index contributed by atoms with van der Waals surface area (Å²) in [4.78, 5) is 27.0. The highest BCUT2D eigenvalue weighted by Crippen LogP contribution is 2.23. The fourth-order valence-electron chi connectivity index (χ4n) is 3.05. The second-order valence-corrected chi connectivity index (χ2v) is 9.53. The van der Waals surface area contributed by atoms with Gasteiger partial charge < -0.3 is 10.2 Å². The Morgan fingerprint density at radius 2 is 1.64 bits per heavy atom. The molecular formula is C22H28F2N4O4S. The first-order valence-electron chi connectivity index (χ1n) is 10.2. The van der Waals surface area contributed by atoms with Crippen molar-refractivity contribution in [2.45, 2.75) is 26.4 Å². The van der Waals surface area contributed by atoms with Gasteiger partial charge in [0.15, 0.2) is 0 Å². The number of anilines is 1. The lowest BCUT2D eigenvalue weighted by Crippen LogP contribution is -2.52. The number of halogens is 2. The van der Waals surface area contributed by atoms with E-state index in [9.17, 15) is 26.8 Å². The Morgan fingerprint density at radius 3 is 2.18 bits per heavy atom. The summed E-state index contributed by atoms with van der Waals surface area (Å²) in [6, 6.07) is 9.59. The van der Waals surface area contributed by atoms with Crippen molar-refractivity contribution < 1.29 is 26.8 Å². The maximum Gasteiger partial charge on any atom is 0.304 e. The molecule has 0 unspecified atom stereocenters. The third-order valence-electron chi connectivity index (χ3n) is 4.92. The van der Waals surface area contributed by atoms with Crippen molar-refractivity contribution >= 4 is 27.7 Å². The summed E-state index contributed by atoms with van der Waals surface area (Å²) in [6.45, 7) is 2.73. The van der Waals surface area contributed by atoms with Crippen molar-refractivity contribution in [3.05, 3.63) is 65.7 Å². The molecule has 8 nitrogen and oxygen atoms in total. The lowest BCUT2D eigenvalue weighted by atomic mass is 10.1. The Hall–Kier alpha value is -3.05. The van der Waals surface area contributed by atoms with Gasteiger partial charge in [-0.25, -0.2) is 13.1 Å². The molecule has 2 aromatic carbocycles. The number of hydrogen-bond donors (Lipinski definition) is 1. The van der Waals surface area contributed by atoms with Crippen LogP contribution in [-0.2, 0) is 26.3 Å². The van der Waals surface area contributed by atoms with Gasteiger partial charge in [-0.15, -0.1) is 0 Å². The average Bonchev–Trinajstić information content (AvgIpc) is 2.77. The molecule has 180 valence electrons. The van der Waals surface area contributed by atoms with Gasteiger partial charge in [0, 0.05) is 27.2 Å². The quantitative estimate of drug-likeness (QED) is 0.562. The van der Waals surface area contributed by atoms with E-state index in [0.717, 1.165) is 10.4 Å². The number of nitrogens with zero attached hydrogens (tertiary/aromatic N) is 3. The van der Waals surface area contributed by atoms with Crippen LogP contribution < -0.4 is 9.62 Å². The predicted octanol–water partition coefficient (Wildman–Crippen LogP) is 2.13. The number of rotatable bonds is 10. The third kappa shape index (κ3) is 6.48. The second-order valence-electron chi connectivity index (χ2n) is 7.47. The number of nitrogens with one attached hydrogen (secondary N) is 1. The summed E-state index contributed by atoms with van der Waals surface area (Å²) < 4.78 is 55.2. The van der Waals surface area contributed by atoms with Gasteiger partial charge in [0.1, 0.15) is 24.2 Å². The van der Waals surface area contributed by atoms with E-state index in [4.69, 9.17) is 0 Å². The molecule has 0 bridgehead atoms. The van der Waals surface area contributed by atoms with Crippen LogP contribution in [0.3, 0.4) is 0 Å². The predicted molar refractivity (Wildman–Crippen MR) is 121 cm³/mol. The Bertz CT molecular complexity index is 1080. The number of likely N-dealkylation sites (N-methyl/N-ethyl adjacent to an activating group) is 1. The van der Waals surface area contributed by atoms with E-state index in [1.54, 1.807) is 6.92 Å². The van der Waals surface area contributed by atoms with E-state index in [-0.39, 0.29) is 12.2 Å². The molecule has 0 spiro atoms. The highest BCUT2D eigenvalue weighted by molar-refractivity contribution is 7.90. The third-order valence-corrected chi connectivity index (χ3v) is 6.73. The van der Waals surface area contributed by atoms with Crippen molar-refractivity contribution in [3.8, 4) is 0 Å². The molecule has 0 heterocycles. The minimum absolute atomic E-state index is 0.0788. The first-order chi connectivity index (χ1) is 15.5. The van der Waals surface area contributed by atoms with E-state index < -0.39 is 46.2 Å². The molecule has 2 rings (SSSR count). The molecule has 2 aromatic rings. The molecule has 0 aromatic heterocycles. The highest BCUT2D eigenvalue weighted by Gasteiger charge is 2.33. The van der Waals surface area contributed by atoms with E-state index in [2.05, 4.69) is 5.32 Å². The van der Waals surface area contributed by atoms with Crippen LogP contribution in [0.1, 0.15) is 19.4 Å². The van der Waals surface area contributed by atoms with Gasteiger partial charge in [0.25, 0.3) is 0 Å². The largest absolute Gasteiger partial charge is 0.355 e. The molecule has 1 N–H and O–H groups in total. The van der Waals surface area contributed by atoms with Gasteiger partial charge in [-0.1, -0.05) is 24.3 Å². The van der Waals surface area contributed by atoms with Gasteiger partial charge in [0.2, 0.25) is 11.8 Å². The number of carbonyl (C=O) groups is 2. The molecule has 1 atom stereocenters. The van der Waals surface area contributed by atoms with Crippen LogP contribution in [0, 0.1) is 11.6 Å². The molecule has 0 fully saturated rings. The minimum Gasteiger partial charge on any atom is -0.355 e. The van der Waals surface area contributed by atoms with Gasteiger partial charge in [-0.2, -0.15) is 12.7 Å². The molecule has 33 heavy (non-hydrogen) atoms. The zero-order valence-corrected chi connectivity index (χ0v) is 19.8. The minimum atomic E-state index is -4.25. The number of carbonyl (C=O) groups excluding carboxylic acids is 2. The molecule has 11 heteroatoms. The highest BCUT2D eigenvalue weighted by atomic mass is 32.2. The van der Waals surface area contributed by atoms with E-state index in [1.807, 2.05) is 0 Å². The smallest absolute Gasteiger partial charge is 0.304 e. The van der Waals surface area contributed by atoms with E-state index in [1.165, 1.54) is 68.4 Å². The van der Waals surface area contributed by atoms with Crippen molar-refractivity contribution in [3.63, 3.8) is 0 Å². The monoisotopic (exact) mass is 482 g/mol. The molecule has 0 aliphatic carbocycles. The maximum absolute atomic E-state index is 14.5. The fourth-order valence-corrected chi connectivity index (χ4v) is 4.11. The zero-order chi connectivity index (χ0) is 24.8. The summed E-state index contributed by atoms with van der Waals surface area (Å²) in [7, 11) is -1.72. The number of hydrogen-bond acceptors (Lipinski definition) is 4. The van der Waals surface area contributed by atoms with E-state index in [0.29, 0.717) is 16.4 Å². The van der Waals surface area contributed by atoms with Crippen molar-refractivity contribution in [1.29, 1.82) is 0 Å². The molecular weight excluding hydrogens is 454 g/mol. The second kappa shape index (κ2) is 11.2. The van der Waals surface area contributed by atoms with Crippen molar-refractivity contribution in [2.75, 3.05) is 31.5 Å². The molecule has 0 aliphatic heterocycles. The summed E-state index contributed by atoms with van der Waals surface area (Å²) in [5.74, 6) is -2.46. The Kier molecular flexibility index (Phi) is 8.89. The van der Waals surface area contributed by atoms with Crippen LogP contribution in [0.2, 0.25) is 0 Å². The van der Waals surface area contributed by atoms with Gasteiger partial charge in [-0.05, 0) is 43.7 Å². The standard InChI is InChI=1S/C22H28F2N4O4S/c1-5-25-22(30)16(2)27(14-17-10-12-18(23)13-11-17)21(29)15-28(33(31,32)26(3)4)20-9-7-6-8-19(20)24/h6-13,16H,5,14-15H2,1-4H3,(H,25,30)/t16-/m1/s1. The average molecular weight is 483 g/mol. The first kappa shape index (κ1) is 26.2. The summed E-state index contributed by atoms with van der Waals surface area (Å²) in [5.41, 5.74) is 0.237. The lowest BCUT2D eigenvalue weighted by molar-refractivity contribution is -0.139. The molecule has 0 saturated heterocycles. The maximum atomic E-state index is 14.5. The van der Waals surface area contributed by atoms with Gasteiger partial charge in [-0.3, -0.25) is 9.59 Å². The summed E-state index contributed by atoms with van der Waals surface area (Å²) in [5, 5.41) is 2.63. The topological polar surface area (TPSA) is 90.0 Å². The number of benzene rings is 2. The number of amides is 2. The van der Waals surface area contributed by atoms with Crippen LogP contribution in [0.15, 0.2) is 48.5 Å². The van der Waals surface area contributed by atoms with Crippen molar-refractivity contribution in [1.82, 2.24) is 14.5 Å². The van der Waals surface area contributed by atoms with Crippen LogP contribution in [0.4, 0.5) is 14.5 Å². The molecule has 0 radical (unpaired) electrons. The number of para-hydroxylation sites is 1. The van der Waals surface area contributed by atoms with Crippen LogP contribution >= 0.6 is 0 Å². The fraction of sp³-hybridized carbons (Fsp3) is 0.364. The van der Waals surface area contributed by atoms with Gasteiger partial charge in [0.05, 0.1) is 5.69 Å². The Balaban J connectivity index is 2.45. The van der Waals surface area contributed by atoms with Crippen LogP contribution in [0.5, 0.6) is 0 Å². The summed E-state index contributed by atoms with van der Waals surface area (Å²) in [6.07, 6.45) is 0.